The maximum atomic E-state index is 12.5. The maximum Gasteiger partial charge on any atom is 0.254 e. The molecule has 0 atom stereocenters. The van der Waals surface area contributed by atoms with E-state index < -0.39 is 0 Å². The number of ether oxygens (including phenoxy) is 1. The normalized spacial score (nSPS) is 10.8. The highest BCUT2D eigenvalue weighted by Crippen LogP contribution is 2.28. The van der Waals surface area contributed by atoms with E-state index >= 15 is 0 Å². The first-order valence-electron chi connectivity index (χ1n) is 9.96. The van der Waals surface area contributed by atoms with Crippen LogP contribution in [0.4, 0.5) is 0 Å². The Hall–Kier alpha value is -3.94. The molecule has 0 aliphatic rings. The first-order valence-corrected chi connectivity index (χ1v) is 9.96. The molecule has 3 aromatic heterocycles. The van der Waals surface area contributed by atoms with Crippen molar-refractivity contribution in [1.82, 2.24) is 29.9 Å². The number of carbonyl (C=O) groups excluding carboxylic acids is 1. The second-order valence-electron chi connectivity index (χ2n) is 7.13. The van der Waals surface area contributed by atoms with Crippen molar-refractivity contribution >= 4 is 5.91 Å². The summed E-state index contributed by atoms with van der Waals surface area (Å²) in [5, 5.41) is 11.9. The zero-order chi connectivity index (χ0) is 21.8. The van der Waals surface area contributed by atoms with E-state index in [0.717, 1.165) is 34.0 Å². The number of nitrogens with zero attached hydrogens (tertiary/aromatic N) is 5. The van der Waals surface area contributed by atoms with Crippen molar-refractivity contribution in [3.05, 3.63) is 72.3 Å². The molecule has 8 nitrogen and oxygen atoms in total. The van der Waals surface area contributed by atoms with Gasteiger partial charge in [0.1, 0.15) is 5.75 Å². The molecule has 31 heavy (non-hydrogen) atoms. The molecule has 0 aliphatic heterocycles. The fraction of sp³-hybridized carbons (Fsp3) is 0.217. The van der Waals surface area contributed by atoms with Gasteiger partial charge in [0.15, 0.2) is 0 Å². The summed E-state index contributed by atoms with van der Waals surface area (Å²) in [5.41, 5.74) is 5.07. The number of hydrogen-bond acceptors (Lipinski definition) is 5. The van der Waals surface area contributed by atoms with Crippen LogP contribution in [0.1, 0.15) is 16.1 Å². The minimum absolute atomic E-state index is 0.145. The van der Waals surface area contributed by atoms with E-state index in [1.165, 1.54) is 0 Å². The quantitative estimate of drug-likeness (QED) is 0.500. The van der Waals surface area contributed by atoms with E-state index in [-0.39, 0.29) is 5.91 Å². The minimum atomic E-state index is -0.145. The van der Waals surface area contributed by atoms with Gasteiger partial charge in [-0.15, -0.1) is 0 Å². The molecule has 1 aromatic carbocycles. The van der Waals surface area contributed by atoms with Crippen molar-refractivity contribution in [2.24, 2.45) is 7.05 Å². The van der Waals surface area contributed by atoms with Crippen molar-refractivity contribution in [2.45, 2.75) is 13.5 Å². The van der Waals surface area contributed by atoms with Crippen molar-refractivity contribution in [3.8, 4) is 28.3 Å². The standard InChI is InChI=1S/C23H24N6O2/c1-16-20(15-26-28(16)2)23(30)25-10-11-29-22(17-6-4-8-19(12-17)31-3)13-21(27-29)18-7-5-9-24-14-18/h4-9,12-15H,10-11H2,1-3H3,(H,25,30). The molecule has 0 spiro atoms. The summed E-state index contributed by atoms with van der Waals surface area (Å²) in [5.74, 6) is 0.627. The molecule has 0 radical (unpaired) electrons. The highest BCUT2D eigenvalue weighted by molar-refractivity contribution is 5.95. The maximum absolute atomic E-state index is 12.5. The van der Waals surface area contributed by atoms with Crippen LogP contribution in [0.15, 0.2) is 61.1 Å². The summed E-state index contributed by atoms with van der Waals surface area (Å²) in [6.45, 7) is 2.81. The van der Waals surface area contributed by atoms with Crippen molar-refractivity contribution < 1.29 is 9.53 Å². The van der Waals surface area contributed by atoms with Crippen molar-refractivity contribution in [1.29, 1.82) is 0 Å². The number of nitrogens with one attached hydrogen (secondary N) is 1. The lowest BCUT2D eigenvalue weighted by Gasteiger charge is -2.10. The number of amides is 1. The third-order valence-electron chi connectivity index (χ3n) is 5.19. The lowest BCUT2D eigenvalue weighted by atomic mass is 10.1. The Balaban J connectivity index is 1.58. The molecule has 0 unspecified atom stereocenters. The zero-order valence-electron chi connectivity index (χ0n) is 17.7. The molecule has 4 rings (SSSR count). The molecule has 4 aromatic rings. The summed E-state index contributed by atoms with van der Waals surface area (Å²) in [4.78, 5) is 16.7. The van der Waals surface area contributed by atoms with Crippen LogP contribution >= 0.6 is 0 Å². The van der Waals surface area contributed by atoms with Crippen molar-refractivity contribution in [3.63, 3.8) is 0 Å². The summed E-state index contributed by atoms with van der Waals surface area (Å²) < 4.78 is 8.96. The molecule has 1 N–H and O–H groups in total. The molecular formula is C23H24N6O2. The average Bonchev–Trinajstić information content (AvgIpc) is 3.38. The largest absolute Gasteiger partial charge is 0.497 e. The first-order chi connectivity index (χ1) is 15.1. The van der Waals surface area contributed by atoms with Gasteiger partial charge < -0.3 is 10.1 Å². The van der Waals surface area contributed by atoms with E-state index in [0.29, 0.717) is 18.7 Å². The third-order valence-corrected chi connectivity index (χ3v) is 5.19. The van der Waals surface area contributed by atoms with Gasteiger partial charge in [0.25, 0.3) is 5.91 Å². The van der Waals surface area contributed by atoms with Crippen LogP contribution in [0, 0.1) is 6.92 Å². The molecule has 3 heterocycles. The van der Waals surface area contributed by atoms with Gasteiger partial charge in [-0.2, -0.15) is 10.2 Å². The Morgan fingerprint density at radius 1 is 1.13 bits per heavy atom. The van der Waals surface area contributed by atoms with E-state index in [1.54, 1.807) is 30.4 Å². The summed E-state index contributed by atoms with van der Waals surface area (Å²) in [6, 6.07) is 13.7. The number of aryl methyl sites for hydroxylation is 1. The van der Waals surface area contributed by atoms with Crippen LogP contribution < -0.4 is 10.1 Å². The van der Waals surface area contributed by atoms with Gasteiger partial charge in [-0.1, -0.05) is 12.1 Å². The Kier molecular flexibility index (Phi) is 5.79. The van der Waals surface area contributed by atoms with E-state index in [1.807, 2.05) is 61.1 Å². The van der Waals surface area contributed by atoms with E-state index in [2.05, 4.69) is 15.4 Å². The summed E-state index contributed by atoms with van der Waals surface area (Å²) in [6.07, 6.45) is 5.11. The van der Waals surface area contributed by atoms with E-state index in [9.17, 15) is 4.79 Å². The van der Waals surface area contributed by atoms with Crippen LogP contribution in [0.25, 0.3) is 22.5 Å². The number of methoxy groups -OCH3 is 1. The Bertz CT molecular complexity index is 1200. The number of pyridine rings is 1. The molecule has 0 aliphatic carbocycles. The van der Waals surface area contributed by atoms with Crippen LogP contribution in [0.3, 0.4) is 0 Å². The summed E-state index contributed by atoms with van der Waals surface area (Å²) >= 11 is 0. The fourth-order valence-electron chi connectivity index (χ4n) is 3.35. The Morgan fingerprint density at radius 2 is 1.97 bits per heavy atom. The number of carbonyl (C=O) groups is 1. The molecule has 0 saturated heterocycles. The van der Waals surface area contributed by atoms with Gasteiger partial charge >= 0.3 is 0 Å². The van der Waals surface area contributed by atoms with Gasteiger partial charge in [-0.25, -0.2) is 0 Å². The number of benzene rings is 1. The predicted molar refractivity (Wildman–Crippen MR) is 118 cm³/mol. The molecule has 0 bridgehead atoms. The monoisotopic (exact) mass is 416 g/mol. The topological polar surface area (TPSA) is 86.9 Å². The molecule has 158 valence electrons. The highest BCUT2D eigenvalue weighted by Gasteiger charge is 2.15. The lowest BCUT2D eigenvalue weighted by Crippen LogP contribution is -2.28. The van der Waals surface area contributed by atoms with Gasteiger partial charge in [0, 0.05) is 42.8 Å². The van der Waals surface area contributed by atoms with Crippen LogP contribution in [0.2, 0.25) is 0 Å². The zero-order valence-corrected chi connectivity index (χ0v) is 17.7. The molecule has 8 heteroatoms. The number of hydrogen-bond donors (Lipinski definition) is 1. The predicted octanol–water partition coefficient (Wildman–Crippen LogP) is 3.09. The number of aromatic nitrogens is 5. The number of rotatable bonds is 7. The third kappa shape index (κ3) is 4.32. The van der Waals surface area contributed by atoms with Crippen LogP contribution in [-0.2, 0) is 13.6 Å². The smallest absolute Gasteiger partial charge is 0.254 e. The fourth-order valence-corrected chi connectivity index (χ4v) is 3.35. The SMILES string of the molecule is COc1cccc(-c2cc(-c3cccnc3)nn2CCNC(=O)c2cnn(C)c2C)c1. The van der Waals surface area contributed by atoms with Gasteiger partial charge in [-0.05, 0) is 37.3 Å². The van der Waals surface area contributed by atoms with Gasteiger partial charge in [0.05, 0.1) is 36.8 Å². The van der Waals surface area contributed by atoms with Crippen LogP contribution in [-0.4, -0.2) is 44.1 Å². The first kappa shape index (κ1) is 20.3. The minimum Gasteiger partial charge on any atom is -0.497 e. The van der Waals surface area contributed by atoms with E-state index in [4.69, 9.17) is 9.84 Å². The van der Waals surface area contributed by atoms with Crippen LogP contribution in [0.5, 0.6) is 5.75 Å². The molecule has 0 fully saturated rings. The van der Waals surface area contributed by atoms with Gasteiger partial charge in [-0.3, -0.25) is 19.1 Å². The van der Waals surface area contributed by atoms with Crippen molar-refractivity contribution in [2.75, 3.05) is 13.7 Å². The lowest BCUT2D eigenvalue weighted by molar-refractivity contribution is 0.0951. The molecular weight excluding hydrogens is 392 g/mol. The highest BCUT2D eigenvalue weighted by atomic mass is 16.5. The summed E-state index contributed by atoms with van der Waals surface area (Å²) in [7, 11) is 3.46. The Labute approximate surface area is 180 Å². The second kappa shape index (κ2) is 8.83. The molecule has 1 amide bonds. The molecule has 0 saturated carbocycles. The average molecular weight is 416 g/mol. The Morgan fingerprint density at radius 3 is 2.68 bits per heavy atom. The second-order valence-corrected chi connectivity index (χ2v) is 7.13. The van der Waals surface area contributed by atoms with Gasteiger partial charge in [0.2, 0.25) is 0 Å².